The Morgan fingerprint density at radius 2 is 1.89 bits per heavy atom. The van der Waals surface area contributed by atoms with Crippen molar-refractivity contribution in [1.29, 1.82) is 0 Å². The highest BCUT2D eigenvalue weighted by Gasteiger charge is 2.11. The Morgan fingerprint density at radius 3 is 2.53 bits per heavy atom. The molecule has 0 unspecified atom stereocenters. The smallest absolute Gasteiger partial charge is 0.200 e. The minimum Gasteiger partial charge on any atom is -0.490 e. The zero-order chi connectivity index (χ0) is 14.5. The first-order chi connectivity index (χ1) is 8.79. The van der Waals surface area contributed by atoms with Gasteiger partial charge >= 0.3 is 0 Å². The van der Waals surface area contributed by atoms with Gasteiger partial charge in [-0.2, -0.15) is 4.39 Å². The second kappa shape index (κ2) is 7.20. The summed E-state index contributed by atoms with van der Waals surface area (Å²) in [5.41, 5.74) is 0.0976. The summed E-state index contributed by atoms with van der Waals surface area (Å²) in [5, 5.41) is 3.35. The summed E-state index contributed by atoms with van der Waals surface area (Å²) in [6.07, 6.45) is 1.71. The Labute approximate surface area is 121 Å². The van der Waals surface area contributed by atoms with Crippen molar-refractivity contribution in [3.05, 3.63) is 28.2 Å². The third kappa shape index (κ3) is 6.34. The molecule has 5 heteroatoms. The van der Waals surface area contributed by atoms with Gasteiger partial charge in [-0.3, -0.25) is 0 Å². The van der Waals surface area contributed by atoms with Gasteiger partial charge in [-0.1, -0.05) is 15.9 Å². The zero-order valence-electron chi connectivity index (χ0n) is 11.5. The third-order valence-corrected chi connectivity index (χ3v) is 2.90. The van der Waals surface area contributed by atoms with E-state index in [0.717, 1.165) is 25.5 Å². The van der Waals surface area contributed by atoms with E-state index < -0.39 is 11.6 Å². The highest BCUT2D eigenvalue weighted by molar-refractivity contribution is 9.10. The number of halogens is 3. The Kier molecular flexibility index (Phi) is 6.20. The van der Waals surface area contributed by atoms with Crippen molar-refractivity contribution in [3.63, 3.8) is 0 Å². The molecule has 0 fully saturated rings. The number of nitrogens with one attached hydrogen (secondary N) is 1. The molecule has 0 saturated carbocycles. The van der Waals surface area contributed by atoms with E-state index in [4.69, 9.17) is 4.74 Å². The van der Waals surface area contributed by atoms with Gasteiger partial charge in [0.1, 0.15) is 0 Å². The average Bonchev–Trinajstić information content (AvgIpc) is 2.28. The largest absolute Gasteiger partial charge is 0.490 e. The lowest BCUT2D eigenvalue weighted by atomic mass is 10.1. The number of hydrogen-bond donors (Lipinski definition) is 1. The quantitative estimate of drug-likeness (QED) is 0.619. The summed E-state index contributed by atoms with van der Waals surface area (Å²) in [6, 6.07) is 2.52. The highest BCUT2D eigenvalue weighted by atomic mass is 79.9. The lowest BCUT2D eigenvalue weighted by molar-refractivity contribution is 0.282. The molecule has 108 valence electrons. The van der Waals surface area contributed by atoms with Crippen LogP contribution in [0.5, 0.6) is 5.75 Å². The fourth-order valence-corrected chi connectivity index (χ4v) is 1.92. The second-order valence-electron chi connectivity index (χ2n) is 5.43. The lowest BCUT2D eigenvalue weighted by Crippen LogP contribution is -2.36. The number of hydrogen-bond acceptors (Lipinski definition) is 2. The van der Waals surface area contributed by atoms with E-state index in [9.17, 15) is 8.78 Å². The van der Waals surface area contributed by atoms with Crippen LogP contribution in [0.2, 0.25) is 0 Å². The second-order valence-corrected chi connectivity index (χ2v) is 6.35. The van der Waals surface area contributed by atoms with Gasteiger partial charge in [0.25, 0.3) is 0 Å². The molecule has 0 aromatic heterocycles. The third-order valence-electron chi connectivity index (χ3n) is 2.44. The molecule has 0 radical (unpaired) electrons. The van der Waals surface area contributed by atoms with Crippen LogP contribution in [0.15, 0.2) is 16.6 Å². The number of ether oxygens (including phenoxy) is 1. The van der Waals surface area contributed by atoms with Crippen LogP contribution in [0.3, 0.4) is 0 Å². The predicted octanol–water partition coefficient (Wildman–Crippen LogP) is 4.27. The van der Waals surface area contributed by atoms with E-state index in [-0.39, 0.29) is 11.3 Å². The Morgan fingerprint density at radius 1 is 1.21 bits per heavy atom. The highest BCUT2D eigenvalue weighted by Crippen LogP contribution is 2.25. The van der Waals surface area contributed by atoms with Crippen molar-refractivity contribution in [3.8, 4) is 5.75 Å². The van der Waals surface area contributed by atoms with E-state index in [1.807, 2.05) is 0 Å². The normalized spacial score (nSPS) is 11.7. The summed E-state index contributed by atoms with van der Waals surface area (Å²) in [4.78, 5) is 0. The molecule has 0 atom stereocenters. The summed E-state index contributed by atoms with van der Waals surface area (Å²) >= 11 is 3.11. The van der Waals surface area contributed by atoms with Crippen molar-refractivity contribution < 1.29 is 13.5 Å². The summed E-state index contributed by atoms with van der Waals surface area (Å²) in [5.74, 6) is -1.88. The van der Waals surface area contributed by atoms with Gasteiger partial charge in [-0.15, -0.1) is 0 Å². The Hall–Kier alpha value is -0.680. The predicted molar refractivity (Wildman–Crippen MR) is 76.5 cm³/mol. The van der Waals surface area contributed by atoms with Gasteiger partial charge in [0.05, 0.1) is 6.61 Å². The van der Waals surface area contributed by atoms with Crippen molar-refractivity contribution in [2.24, 2.45) is 0 Å². The SMILES string of the molecule is CC(C)(C)NCCCCOc1cc(Br)cc(F)c1F. The monoisotopic (exact) mass is 335 g/mol. The first-order valence-corrected chi connectivity index (χ1v) is 7.11. The van der Waals surface area contributed by atoms with Crippen LogP contribution in [0.4, 0.5) is 8.78 Å². The van der Waals surface area contributed by atoms with Gasteiger partial charge in [0.15, 0.2) is 11.6 Å². The Bertz CT molecular complexity index is 419. The topological polar surface area (TPSA) is 21.3 Å². The van der Waals surface area contributed by atoms with Gasteiger partial charge in [-0.25, -0.2) is 4.39 Å². The molecular formula is C14H20BrF2NO. The van der Waals surface area contributed by atoms with E-state index >= 15 is 0 Å². The molecule has 0 amide bonds. The standard InChI is InChI=1S/C14H20BrF2NO/c1-14(2,3)18-6-4-5-7-19-12-9-10(15)8-11(16)13(12)17/h8-9,18H,4-7H2,1-3H3. The van der Waals surface area contributed by atoms with Crippen molar-refractivity contribution in [2.75, 3.05) is 13.2 Å². The van der Waals surface area contributed by atoms with Gasteiger partial charge < -0.3 is 10.1 Å². The molecule has 0 aliphatic rings. The molecule has 1 aromatic rings. The fourth-order valence-electron chi connectivity index (χ4n) is 1.51. The van der Waals surface area contributed by atoms with Crippen LogP contribution in [0.25, 0.3) is 0 Å². The average molecular weight is 336 g/mol. The molecule has 0 heterocycles. The molecule has 1 rings (SSSR count). The first-order valence-electron chi connectivity index (χ1n) is 6.32. The zero-order valence-corrected chi connectivity index (χ0v) is 13.1. The van der Waals surface area contributed by atoms with Crippen molar-refractivity contribution in [1.82, 2.24) is 5.32 Å². The molecule has 19 heavy (non-hydrogen) atoms. The van der Waals surface area contributed by atoms with Crippen molar-refractivity contribution >= 4 is 15.9 Å². The molecule has 1 N–H and O–H groups in total. The summed E-state index contributed by atoms with van der Waals surface area (Å²) in [7, 11) is 0. The maximum atomic E-state index is 13.4. The summed E-state index contributed by atoms with van der Waals surface area (Å²) < 4.78 is 32.2. The van der Waals surface area contributed by atoms with Crippen LogP contribution >= 0.6 is 15.9 Å². The van der Waals surface area contributed by atoms with Crippen LogP contribution in [0.1, 0.15) is 33.6 Å². The van der Waals surface area contributed by atoms with E-state index in [0.29, 0.717) is 11.1 Å². The number of unbranched alkanes of at least 4 members (excludes halogenated alkanes) is 1. The molecule has 0 spiro atoms. The molecule has 0 aliphatic heterocycles. The molecule has 0 aliphatic carbocycles. The van der Waals surface area contributed by atoms with Gasteiger partial charge in [0.2, 0.25) is 5.82 Å². The van der Waals surface area contributed by atoms with Gasteiger partial charge in [0, 0.05) is 10.0 Å². The van der Waals surface area contributed by atoms with Crippen molar-refractivity contribution in [2.45, 2.75) is 39.2 Å². The first kappa shape index (κ1) is 16.4. The molecular weight excluding hydrogens is 316 g/mol. The maximum Gasteiger partial charge on any atom is 0.200 e. The number of rotatable bonds is 6. The summed E-state index contributed by atoms with van der Waals surface area (Å²) in [6.45, 7) is 7.55. The maximum absolute atomic E-state index is 13.4. The lowest BCUT2D eigenvalue weighted by Gasteiger charge is -2.20. The van der Waals surface area contributed by atoms with Crippen LogP contribution < -0.4 is 10.1 Å². The Balaban J connectivity index is 2.30. The van der Waals surface area contributed by atoms with E-state index in [1.165, 1.54) is 6.07 Å². The van der Waals surface area contributed by atoms with E-state index in [1.54, 1.807) is 0 Å². The van der Waals surface area contributed by atoms with Crippen LogP contribution in [-0.2, 0) is 0 Å². The molecule has 0 bridgehead atoms. The van der Waals surface area contributed by atoms with Crippen LogP contribution in [0, 0.1) is 11.6 Å². The van der Waals surface area contributed by atoms with Crippen LogP contribution in [-0.4, -0.2) is 18.7 Å². The van der Waals surface area contributed by atoms with E-state index in [2.05, 4.69) is 42.0 Å². The number of benzene rings is 1. The van der Waals surface area contributed by atoms with Gasteiger partial charge in [-0.05, 0) is 52.3 Å². The molecule has 0 saturated heterocycles. The minimum atomic E-state index is -0.934. The molecule has 2 nitrogen and oxygen atoms in total. The fraction of sp³-hybridized carbons (Fsp3) is 0.571. The minimum absolute atomic E-state index is 0.0457. The molecule has 1 aromatic carbocycles.